The second kappa shape index (κ2) is 7.09. The van der Waals surface area contributed by atoms with Crippen LogP contribution in [0.15, 0.2) is 24.3 Å². The molecule has 0 atom stereocenters. The fraction of sp³-hybridized carbons (Fsp3) is 0.550. The molecule has 0 bridgehead atoms. The zero-order valence-electron chi connectivity index (χ0n) is 15.7. The predicted octanol–water partition coefficient (Wildman–Crippen LogP) is 3.25. The molecule has 140 valence electrons. The van der Waals surface area contributed by atoms with Crippen LogP contribution in [-0.2, 0) is 9.59 Å². The SMILES string of the molecule is CC1CCC2(CC1)NC(=O)N(CC(=O)Nc1ccc(C(C)C)cc1)C2=O. The third-order valence-corrected chi connectivity index (χ3v) is 5.54. The van der Waals surface area contributed by atoms with Crippen LogP contribution in [-0.4, -0.2) is 34.8 Å². The third-order valence-electron chi connectivity index (χ3n) is 5.54. The van der Waals surface area contributed by atoms with Crippen LogP contribution < -0.4 is 10.6 Å². The van der Waals surface area contributed by atoms with Crippen molar-refractivity contribution in [3.05, 3.63) is 29.8 Å². The highest BCUT2D eigenvalue weighted by molar-refractivity contribution is 6.10. The van der Waals surface area contributed by atoms with Gasteiger partial charge < -0.3 is 10.6 Å². The van der Waals surface area contributed by atoms with Crippen molar-refractivity contribution >= 4 is 23.5 Å². The van der Waals surface area contributed by atoms with E-state index in [1.54, 1.807) is 0 Å². The molecule has 1 saturated carbocycles. The first-order valence-corrected chi connectivity index (χ1v) is 9.35. The van der Waals surface area contributed by atoms with Gasteiger partial charge in [0.25, 0.3) is 5.91 Å². The van der Waals surface area contributed by atoms with Gasteiger partial charge in [-0.25, -0.2) is 4.79 Å². The summed E-state index contributed by atoms with van der Waals surface area (Å²) in [6, 6.07) is 7.14. The maximum absolute atomic E-state index is 12.8. The fourth-order valence-corrected chi connectivity index (χ4v) is 3.71. The van der Waals surface area contributed by atoms with Gasteiger partial charge >= 0.3 is 6.03 Å². The molecule has 0 unspecified atom stereocenters. The van der Waals surface area contributed by atoms with Crippen LogP contribution in [0.5, 0.6) is 0 Å². The van der Waals surface area contributed by atoms with Crippen molar-refractivity contribution in [3.63, 3.8) is 0 Å². The monoisotopic (exact) mass is 357 g/mol. The number of hydrogen-bond acceptors (Lipinski definition) is 3. The number of hydrogen-bond donors (Lipinski definition) is 2. The normalized spacial score (nSPS) is 25.7. The number of urea groups is 1. The number of benzene rings is 1. The van der Waals surface area contributed by atoms with Crippen molar-refractivity contribution in [1.29, 1.82) is 0 Å². The lowest BCUT2D eigenvalue weighted by Crippen LogP contribution is -2.49. The average Bonchev–Trinajstić information content (AvgIpc) is 2.82. The first kappa shape index (κ1) is 18.4. The number of anilines is 1. The Labute approximate surface area is 154 Å². The quantitative estimate of drug-likeness (QED) is 0.812. The summed E-state index contributed by atoms with van der Waals surface area (Å²) in [6.45, 7) is 6.11. The molecule has 0 radical (unpaired) electrons. The Bertz CT molecular complexity index is 704. The van der Waals surface area contributed by atoms with E-state index < -0.39 is 11.6 Å². The van der Waals surface area contributed by atoms with Crippen LogP contribution in [0.4, 0.5) is 10.5 Å². The molecule has 26 heavy (non-hydrogen) atoms. The molecule has 2 N–H and O–H groups in total. The van der Waals surface area contributed by atoms with E-state index in [1.165, 1.54) is 5.56 Å². The summed E-state index contributed by atoms with van der Waals surface area (Å²) in [6.07, 6.45) is 3.11. The zero-order valence-corrected chi connectivity index (χ0v) is 15.7. The van der Waals surface area contributed by atoms with E-state index in [2.05, 4.69) is 31.4 Å². The number of nitrogens with one attached hydrogen (secondary N) is 2. The van der Waals surface area contributed by atoms with Crippen LogP contribution in [0.25, 0.3) is 0 Å². The topological polar surface area (TPSA) is 78.5 Å². The number of carbonyl (C=O) groups excluding carboxylic acids is 3. The van der Waals surface area contributed by atoms with Crippen molar-refractivity contribution in [3.8, 4) is 0 Å². The standard InChI is InChI=1S/C20H27N3O3/c1-13(2)15-4-6-16(7-5-15)21-17(24)12-23-18(25)20(22-19(23)26)10-8-14(3)9-11-20/h4-7,13-14H,8-12H2,1-3H3,(H,21,24)(H,22,26). The van der Waals surface area contributed by atoms with Crippen molar-refractivity contribution in [1.82, 2.24) is 10.2 Å². The predicted molar refractivity (Wildman–Crippen MR) is 99.8 cm³/mol. The van der Waals surface area contributed by atoms with Gasteiger partial charge in [0.05, 0.1) is 0 Å². The first-order valence-electron chi connectivity index (χ1n) is 9.35. The lowest BCUT2D eigenvalue weighted by Gasteiger charge is -2.33. The second-order valence-electron chi connectivity index (χ2n) is 7.91. The molecule has 1 spiro atoms. The van der Waals surface area contributed by atoms with Crippen molar-refractivity contribution in [2.24, 2.45) is 5.92 Å². The molecule has 1 heterocycles. The van der Waals surface area contributed by atoms with Crippen molar-refractivity contribution < 1.29 is 14.4 Å². The minimum atomic E-state index is -0.803. The summed E-state index contributed by atoms with van der Waals surface area (Å²) in [5, 5.41) is 5.60. The number of rotatable bonds is 4. The van der Waals surface area contributed by atoms with Gasteiger partial charge in [0.15, 0.2) is 0 Å². The van der Waals surface area contributed by atoms with Crippen molar-refractivity contribution in [2.75, 3.05) is 11.9 Å². The van der Waals surface area contributed by atoms with Gasteiger partial charge in [-0.1, -0.05) is 32.9 Å². The molecule has 6 nitrogen and oxygen atoms in total. The molecular formula is C20H27N3O3. The lowest BCUT2D eigenvalue weighted by atomic mass is 9.77. The molecule has 1 aliphatic heterocycles. The number of carbonyl (C=O) groups is 3. The van der Waals surface area contributed by atoms with Gasteiger partial charge in [0.1, 0.15) is 12.1 Å². The molecular weight excluding hydrogens is 330 g/mol. The number of imide groups is 1. The minimum Gasteiger partial charge on any atom is -0.325 e. The lowest BCUT2D eigenvalue weighted by molar-refractivity contribution is -0.135. The van der Waals surface area contributed by atoms with Gasteiger partial charge in [-0.2, -0.15) is 0 Å². The Morgan fingerprint density at radius 2 is 1.85 bits per heavy atom. The highest BCUT2D eigenvalue weighted by Crippen LogP contribution is 2.36. The fourth-order valence-electron chi connectivity index (χ4n) is 3.71. The van der Waals surface area contributed by atoms with Gasteiger partial charge in [0, 0.05) is 5.69 Å². The van der Waals surface area contributed by atoms with Crippen molar-refractivity contribution in [2.45, 2.75) is 57.9 Å². The largest absolute Gasteiger partial charge is 0.325 e. The van der Waals surface area contributed by atoms with Crippen LogP contribution in [0.1, 0.15) is 57.9 Å². The summed E-state index contributed by atoms with van der Waals surface area (Å²) in [5.74, 6) is 0.350. The maximum Gasteiger partial charge on any atom is 0.325 e. The van der Waals surface area contributed by atoms with E-state index in [4.69, 9.17) is 0 Å². The third kappa shape index (κ3) is 3.59. The van der Waals surface area contributed by atoms with E-state index in [0.29, 0.717) is 30.4 Å². The molecule has 6 heteroatoms. The number of amides is 4. The first-order chi connectivity index (χ1) is 12.3. The Kier molecular flexibility index (Phi) is 5.03. The number of nitrogens with zero attached hydrogens (tertiary/aromatic N) is 1. The molecule has 1 aliphatic carbocycles. The van der Waals surface area contributed by atoms with E-state index in [1.807, 2.05) is 24.3 Å². The highest BCUT2D eigenvalue weighted by atomic mass is 16.2. The molecule has 1 aromatic rings. The highest BCUT2D eigenvalue weighted by Gasteiger charge is 2.52. The molecule has 2 fully saturated rings. The van der Waals surface area contributed by atoms with Crippen LogP contribution in [0.2, 0.25) is 0 Å². The molecule has 1 saturated heterocycles. The average molecular weight is 357 g/mol. The Morgan fingerprint density at radius 3 is 2.42 bits per heavy atom. The summed E-state index contributed by atoms with van der Waals surface area (Å²) >= 11 is 0. The molecule has 4 amide bonds. The van der Waals surface area contributed by atoms with Gasteiger partial charge in [0.2, 0.25) is 5.91 Å². The maximum atomic E-state index is 12.8. The smallest absolute Gasteiger partial charge is 0.325 e. The van der Waals surface area contributed by atoms with E-state index in [9.17, 15) is 14.4 Å². The molecule has 3 rings (SSSR count). The van der Waals surface area contributed by atoms with Gasteiger partial charge in [-0.3, -0.25) is 14.5 Å². The summed E-state index contributed by atoms with van der Waals surface area (Å²) in [7, 11) is 0. The van der Waals surface area contributed by atoms with Crippen LogP contribution in [0, 0.1) is 5.92 Å². The second-order valence-corrected chi connectivity index (χ2v) is 7.91. The van der Waals surface area contributed by atoms with Gasteiger partial charge in [-0.15, -0.1) is 0 Å². The summed E-state index contributed by atoms with van der Waals surface area (Å²) in [5.41, 5.74) is 1.04. The molecule has 1 aromatic carbocycles. The van der Waals surface area contributed by atoms with E-state index in [0.717, 1.165) is 17.7 Å². The zero-order chi connectivity index (χ0) is 18.9. The molecule has 2 aliphatic rings. The van der Waals surface area contributed by atoms with E-state index >= 15 is 0 Å². The van der Waals surface area contributed by atoms with E-state index in [-0.39, 0.29) is 18.4 Å². The van der Waals surface area contributed by atoms with Crippen LogP contribution >= 0.6 is 0 Å². The van der Waals surface area contributed by atoms with Gasteiger partial charge in [-0.05, 0) is 55.2 Å². The summed E-state index contributed by atoms with van der Waals surface area (Å²) < 4.78 is 0. The van der Waals surface area contributed by atoms with Crippen LogP contribution in [0.3, 0.4) is 0 Å². The Balaban J connectivity index is 1.62. The Hall–Kier alpha value is -2.37. The molecule has 0 aromatic heterocycles. The summed E-state index contributed by atoms with van der Waals surface area (Å²) in [4.78, 5) is 38.4. The minimum absolute atomic E-state index is 0.256. The Morgan fingerprint density at radius 1 is 1.23 bits per heavy atom.